The van der Waals surface area contributed by atoms with E-state index in [2.05, 4.69) is 31.9 Å². The quantitative estimate of drug-likeness (QED) is 0.110. The molecular formula is C27H45N9O12. The third-order valence-electron chi connectivity index (χ3n) is 6.92. The first kappa shape index (κ1) is 41.1. The van der Waals surface area contributed by atoms with Gasteiger partial charge in [0.05, 0.1) is 19.6 Å². The molecule has 270 valence electrons. The van der Waals surface area contributed by atoms with Crippen molar-refractivity contribution in [2.45, 2.75) is 97.1 Å². The average molecular weight is 688 g/mol. The van der Waals surface area contributed by atoms with E-state index in [0.717, 1.165) is 0 Å². The number of amides is 9. The lowest BCUT2D eigenvalue weighted by Gasteiger charge is -2.24. The van der Waals surface area contributed by atoms with Gasteiger partial charge < -0.3 is 31.9 Å². The van der Waals surface area contributed by atoms with Crippen molar-refractivity contribution in [3.05, 3.63) is 0 Å². The molecule has 1 unspecified atom stereocenters. The minimum absolute atomic E-state index is 0.186. The first-order valence-corrected chi connectivity index (χ1v) is 15.0. The van der Waals surface area contributed by atoms with Crippen molar-refractivity contribution in [3.63, 3.8) is 0 Å². The lowest BCUT2D eigenvalue weighted by molar-refractivity contribution is -0.168. The average Bonchev–Trinajstić information content (AvgIpc) is 3.02. The van der Waals surface area contributed by atoms with Gasteiger partial charge in [-0.05, 0) is 41.5 Å². The predicted octanol–water partition coefficient (Wildman–Crippen LogP) is -4.15. The van der Waals surface area contributed by atoms with Crippen LogP contribution in [0.25, 0.3) is 0 Å². The Morgan fingerprint density at radius 2 is 0.604 bits per heavy atom. The zero-order valence-corrected chi connectivity index (χ0v) is 27.6. The van der Waals surface area contributed by atoms with Crippen LogP contribution in [0.3, 0.4) is 0 Å². The second-order valence-corrected chi connectivity index (χ2v) is 11.2. The van der Waals surface area contributed by atoms with E-state index in [1.54, 1.807) is 0 Å². The second kappa shape index (κ2) is 19.1. The Hall–Kier alpha value is -4.89. The minimum Gasteiger partial charge on any atom is -0.345 e. The molecule has 1 fully saturated rings. The summed E-state index contributed by atoms with van der Waals surface area (Å²) in [4.78, 5) is 112. The SMILES string of the molecule is CC1NC(=O)CCN(O)C(=O)[C@H](C)NC(=O)[C@H](C)NC(=O)CCN(O)C(=O)[C@H](C)NC(=O)[C@H](C)NC(=O)CCN(O)C(=O)[C@H](C)NC1=O. The molecular weight excluding hydrogens is 642 g/mol. The van der Waals surface area contributed by atoms with Crippen LogP contribution in [0.2, 0.25) is 0 Å². The maximum Gasteiger partial charge on any atom is 0.268 e. The van der Waals surface area contributed by atoms with Crippen molar-refractivity contribution in [1.82, 2.24) is 47.1 Å². The largest absolute Gasteiger partial charge is 0.345 e. The summed E-state index contributed by atoms with van der Waals surface area (Å²) in [6.45, 7) is 6.04. The number of carbonyl (C=O) groups is 9. The summed E-state index contributed by atoms with van der Waals surface area (Å²) < 4.78 is 0. The molecule has 1 aliphatic rings. The Bertz CT molecular complexity index is 1100. The number of nitrogens with one attached hydrogen (secondary N) is 6. The van der Waals surface area contributed by atoms with Crippen LogP contribution in [0.4, 0.5) is 0 Å². The first-order valence-electron chi connectivity index (χ1n) is 15.0. The van der Waals surface area contributed by atoms with Gasteiger partial charge in [0.25, 0.3) is 17.7 Å². The van der Waals surface area contributed by atoms with Crippen LogP contribution in [0.5, 0.6) is 0 Å². The van der Waals surface area contributed by atoms with Crippen LogP contribution in [0.15, 0.2) is 0 Å². The molecule has 1 saturated heterocycles. The highest BCUT2D eigenvalue weighted by Crippen LogP contribution is 2.01. The fraction of sp³-hybridized carbons (Fsp3) is 0.667. The van der Waals surface area contributed by atoms with Crippen LogP contribution in [-0.2, 0) is 43.2 Å². The van der Waals surface area contributed by atoms with Gasteiger partial charge in [-0.3, -0.25) is 58.8 Å². The van der Waals surface area contributed by atoms with E-state index in [4.69, 9.17) is 0 Å². The summed E-state index contributed by atoms with van der Waals surface area (Å²) in [6.07, 6.45) is -1.38. The zero-order chi connectivity index (χ0) is 36.9. The lowest BCUT2D eigenvalue weighted by Crippen LogP contribution is -2.54. The van der Waals surface area contributed by atoms with E-state index in [0.29, 0.717) is 0 Å². The van der Waals surface area contributed by atoms with Gasteiger partial charge in [-0.2, -0.15) is 0 Å². The summed E-state index contributed by atoms with van der Waals surface area (Å²) in [5.41, 5.74) is 0. The summed E-state index contributed by atoms with van der Waals surface area (Å²) >= 11 is 0. The van der Waals surface area contributed by atoms with Gasteiger partial charge in [-0.15, -0.1) is 0 Å². The van der Waals surface area contributed by atoms with Crippen molar-refractivity contribution in [2.24, 2.45) is 0 Å². The van der Waals surface area contributed by atoms with Crippen LogP contribution >= 0.6 is 0 Å². The van der Waals surface area contributed by atoms with E-state index in [1.165, 1.54) is 41.5 Å². The molecule has 9 amide bonds. The maximum absolute atomic E-state index is 12.5. The lowest BCUT2D eigenvalue weighted by atomic mass is 10.2. The Morgan fingerprint density at radius 3 is 0.812 bits per heavy atom. The molecule has 0 spiro atoms. The summed E-state index contributed by atoms with van der Waals surface area (Å²) in [6, 6.07) is -7.44. The molecule has 9 N–H and O–H groups in total. The molecule has 1 heterocycles. The normalized spacial score (nSPS) is 28.4. The van der Waals surface area contributed by atoms with Gasteiger partial charge in [-0.1, -0.05) is 0 Å². The predicted molar refractivity (Wildman–Crippen MR) is 160 cm³/mol. The monoisotopic (exact) mass is 687 g/mol. The molecule has 0 aromatic carbocycles. The first-order chi connectivity index (χ1) is 22.2. The number of hydrogen-bond acceptors (Lipinski definition) is 12. The number of hydroxylamine groups is 6. The molecule has 0 aromatic rings. The molecule has 21 nitrogen and oxygen atoms in total. The molecule has 0 radical (unpaired) electrons. The van der Waals surface area contributed by atoms with Crippen molar-refractivity contribution >= 4 is 53.2 Å². The molecule has 6 atom stereocenters. The highest BCUT2D eigenvalue weighted by atomic mass is 16.5. The van der Waals surface area contributed by atoms with Crippen LogP contribution in [-0.4, -0.2) is 140 Å². The van der Waals surface area contributed by atoms with Gasteiger partial charge >= 0.3 is 0 Å². The van der Waals surface area contributed by atoms with Crippen LogP contribution in [0, 0.1) is 0 Å². The number of rotatable bonds is 0. The Kier molecular flexibility index (Phi) is 16.3. The molecule has 0 saturated carbocycles. The Balaban J connectivity index is 3.04. The van der Waals surface area contributed by atoms with Crippen LogP contribution in [0.1, 0.15) is 60.8 Å². The Morgan fingerprint density at radius 1 is 0.396 bits per heavy atom. The van der Waals surface area contributed by atoms with E-state index < -0.39 is 128 Å². The third-order valence-corrected chi connectivity index (χ3v) is 6.92. The molecule has 1 rings (SSSR count). The molecule has 0 aliphatic carbocycles. The van der Waals surface area contributed by atoms with Crippen molar-refractivity contribution in [3.8, 4) is 0 Å². The van der Waals surface area contributed by atoms with Gasteiger partial charge in [0.15, 0.2) is 0 Å². The van der Waals surface area contributed by atoms with E-state index in [-0.39, 0.29) is 15.2 Å². The minimum atomic E-state index is -1.29. The molecule has 0 aromatic heterocycles. The number of hydrogen-bond donors (Lipinski definition) is 9. The number of nitrogens with zero attached hydrogens (tertiary/aromatic N) is 3. The Labute approximate surface area is 275 Å². The highest BCUT2D eigenvalue weighted by molar-refractivity contribution is 5.94. The molecule has 1 aliphatic heterocycles. The molecule has 21 heteroatoms. The summed E-state index contributed by atoms with van der Waals surface area (Å²) in [5, 5.41) is 44.7. The maximum atomic E-state index is 12.5. The van der Waals surface area contributed by atoms with Crippen molar-refractivity contribution in [2.75, 3.05) is 19.6 Å². The smallest absolute Gasteiger partial charge is 0.268 e. The highest BCUT2D eigenvalue weighted by Gasteiger charge is 2.28. The van der Waals surface area contributed by atoms with Gasteiger partial charge in [-0.25, -0.2) is 15.2 Å². The standard InChI is InChI=1S/C27H45N9O12/c1-13-22(40)31-16(4)25(43)35(47)11-8-20(38)29-15(3)24(42)33-18(6)27(45)36(48)12-9-21(39)30-14(2)23(41)32-17(5)26(44)34(46)10-7-19(37)28-13/h13-18,46-48H,7-12H2,1-6H3,(H,28,37)(H,29,38)(H,30,39)(H,31,40)(H,32,41)(H,33,42)/t13-,14-,15?,16-,17-,18-/m0/s1. The zero-order valence-electron chi connectivity index (χ0n) is 27.6. The van der Waals surface area contributed by atoms with Gasteiger partial charge in [0.1, 0.15) is 36.3 Å². The fourth-order valence-corrected chi connectivity index (χ4v) is 3.96. The van der Waals surface area contributed by atoms with Gasteiger partial charge in [0.2, 0.25) is 35.4 Å². The topological polar surface area (TPSA) is 296 Å². The van der Waals surface area contributed by atoms with E-state index >= 15 is 0 Å². The fourth-order valence-electron chi connectivity index (χ4n) is 3.96. The van der Waals surface area contributed by atoms with E-state index in [1.807, 2.05) is 0 Å². The summed E-state index contributed by atoms with van der Waals surface area (Å²) in [7, 11) is 0. The summed E-state index contributed by atoms with van der Waals surface area (Å²) in [5.74, 6) is -7.72. The second-order valence-electron chi connectivity index (χ2n) is 11.2. The van der Waals surface area contributed by atoms with Crippen LogP contribution < -0.4 is 31.9 Å². The number of carbonyl (C=O) groups excluding carboxylic acids is 9. The molecule has 0 bridgehead atoms. The van der Waals surface area contributed by atoms with Crippen molar-refractivity contribution in [1.29, 1.82) is 0 Å². The van der Waals surface area contributed by atoms with E-state index in [9.17, 15) is 58.8 Å². The molecule has 48 heavy (non-hydrogen) atoms. The van der Waals surface area contributed by atoms with Crippen molar-refractivity contribution < 1.29 is 58.8 Å². The third kappa shape index (κ3) is 13.5. The van der Waals surface area contributed by atoms with Gasteiger partial charge in [0, 0.05) is 19.3 Å².